The highest BCUT2D eigenvalue weighted by atomic mass is 35.5. The molecule has 0 saturated heterocycles. The van der Waals surface area contributed by atoms with E-state index in [9.17, 15) is 4.79 Å². The second-order valence-electron chi connectivity index (χ2n) is 5.81. The van der Waals surface area contributed by atoms with Gasteiger partial charge in [-0.25, -0.2) is 5.43 Å². The number of halogens is 1. The lowest BCUT2D eigenvalue weighted by Gasteiger charge is -2.24. The van der Waals surface area contributed by atoms with Gasteiger partial charge in [0.15, 0.2) is 11.5 Å². The maximum Gasteiger partial charge on any atom is 0.284 e. The second-order valence-corrected chi connectivity index (χ2v) is 6.25. The van der Waals surface area contributed by atoms with Crippen LogP contribution in [-0.4, -0.2) is 24.8 Å². The number of fused-ring (bicyclic) bond motifs is 1. The molecule has 0 saturated carbocycles. The summed E-state index contributed by atoms with van der Waals surface area (Å²) in [6.07, 6.45) is 0.652. The zero-order valence-corrected chi connectivity index (χ0v) is 14.8. The highest BCUT2D eigenvalue weighted by Crippen LogP contribution is 2.30. The molecule has 0 bridgehead atoms. The van der Waals surface area contributed by atoms with Gasteiger partial charge in [-0.05, 0) is 36.4 Å². The van der Waals surface area contributed by atoms with Crippen LogP contribution in [0.2, 0.25) is 5.02 Å². The van der Waals surface area contributed by atoms with E-state index < -0.39 is 12.0 Å². The third kappa shape index (κ3) is 3.96. The summed E-state index contributed by atoms with van der Waals surface area (Å²) in [5.74, 6) is 1.91. The second kappa shape index (κ2) is 7.55. The number of amides is 1. The largest absolute Gasteiger partial charge is 0.485 e. The minimum Gasteiger partial charge on any atom is -0.485 e. The molecule has 6 nitrogen and oxygen atoms in total. The molecule has 1 atom stereocenters. The number of hydrogen-bond acceptors (Lipinski definition) is 5. The van der Waals surface area contributed by atoms with Crippen LogP contribution in [0.3, 0.4) is 0 Å². The van der Waals surface area contributed by atoms with Gasteiger partial charge in [-0.2, -0.15) is 5.10 Å². The Hall–Kier alpha value is -3.25. The van der Waals surface area contributed by atoms with Crippen LogP contribution in [0, 0.1) is 0 Å². The van der Waals surface area contributed by atoms with E-state index in [-0.39, 0.29) is 6.61 Å². The van der Waals surface area contributed by atoms with Crippen LogP contribution in [0.4, 0.5) is 0 Å². The molecule has 27 heavy (non-hydrogen) atoms. The number of nitrogens with one attached hydrogen (secondary N) is 1. The average Bonchev–Trinajstić information content (AvgIpc) is 3.16. The molecule has 0 unspecified atom stereocenters. The Morgan fingerprint density at radius 3 is 2.81 bits per heavy atom. The minimum absolute atomic E-state index is 0.123. The van der Waals surface area contributed by atoms with Crippen LogP contribution in [-0.2, 0) is 4.79 Å². The summed E-state index contributed by atoms with van der Waals surface area (Å²) in [5.41, 5.74) is 3.29. The fraction of sp³-hybridized carbons (Fsp3) is 0.100. The molecule has 0 fully saturated rings. The molecule has 4 rings (SSSR count). The van der Waals surface area contributed by atoms with Crippen molar-refractivity contribution in [3.05, 3.63) is 71.4 Å². The quantitative estimate of drug-likeness (QED) is 0.548. The van der Waals surface area contributed by atoms with E-state index in [4.69, 9.17) is 25.5 Å². The lowest BCUT2D eigenvalue weighted by molar-refractivity contribution is -0.130. The molecular weight excluding hydrogens is 368 g/mol. The number of hydrazone groups is 1. The molecule has 1 aliphatic rings. The Morgan fingerprint density at radius 2 is 1.96 bits per heavy atom. The highest BCUT2D eigenvalue weighted by molar-refractivity contribution is 6.30. The lowest BCUT2D eigenvalue weighted by atomic mass is 10.2. The van der Waals surface area contributed by atoms with Crippen molar-refractivity contribution >= 4 is 23.7 Å². The fourth-order valence-corrected chi connectivity index (χ4v) is 2.79. The van der Waals surface area contributed by atoms with Crippen molar-refractivity contribution < 1.29 is 18.7 Å². The lowest BCUT2D eigenvalue weighted by Crippen LogP contribution is -2.42. The number of ether oxygens (including phenoxy) is 2. The van der Waals surface area contributed by atoms with Gasteiger partial charge < -0.3 is 13.9 Å². The molecule has 1 amide bonds. The van der Waals surface area contributed by atoms with Crippen LogP contribution < -0.4 is 14.9 Å². The van der Waals surface area contributed by atoms with Crippen LogP contribution in [0.25, 0.3) is 11.3 Å². The monoisotopic (exact) mass is 382 g/mol. The number of furan rings is 1. The van der Waals surface area contributed by atoms with E-state index in [2.05, 4.69) is 10.5 Å². The third-order valence-electron chi connectivity index (χ3n) is 3.90. The molecular formula is C20H15ClN2O4. The smallest absolute Gasteiger partial charge is 0.284 e. The SMILES string of the molecule is O=C(N/N=C\c1ccc(-c2cccc(Cl)c2)o1)[C@@H]1COc2ccccc2O1. The highest BCUT2D eigenvalue weighted by Gasteiger charge is 2.26. The van der Waals surface area contributed by atoms with Gasteiger partial charge in [-0.15, -0.1) is 0 Å². The Kier molecular flexibility index (Phi) is 4.80. The van der Waals surface area contributed by atoms with Gasteiger partial charge in [0.2, 0.25) is 6.10 Å². The number of rotatable bonds is 4. The number of para-hydroxylation sites is 2. The van der Waals surface area contributed by atoms with Crippen molar-refractivity contribution in [1.82, 2.24) is 5.43 Å². The predicted molar refractivity (Wildman–Crippen MR) is 101 cm³/mol. The number of benzene rings is 2. The Balaban J connectivity index is 1.36. The molecule has 0 aliphatic carbocycles. The summed E-state index contributed by atoms with van der Waals surface area (Å²) < 4.78 is 16.8. The van der Waals surface area contributed by atoms with Gasteiger partial charge in [-0.3, -0.25) is 4.79 Å². The summed E-state index contributed by atoms with van der Waals surface area (Å²) >= 11 is 5.99. The number of carbonyl (C=O) groups excluding carboxylic acids is 1. The third-order valence-corrected chi connectivity index (χ3v) is 4.14. The first-order valence-electron chi connectivity index (χ1n) is 8.26. The summed E-state index contributed by atoms with van der Waals surface area (Å²) in [5, 5.41) is 4.54. The van der Waals surface area contributed by atoms with Crippen LogP contribution in [0.5, 0.6) is 11.5 Å². The van der Waals surface area contributed by atoms with Gasteiger partial charge in [0.25, 0.3) is 5.91 Å². The van der Waals surface area contributed by atoms with Crippen LogP contribution >= 0.6 is 11.6 Å². The molecule has 2 heterocycles. The predicted octanol–water partition coefficient (Wildman–Crippen LogP) is 3.89. The molecule has 1 N–H and O–H groups in total. The normalized spacial score (nSPS) is 15.7. The van der Waals surface area contributed by atoms with Crippen LogP contribution in [0.15, 0.2) is 70.2 Å². The summed E-state index contributed by atoms with van der Waals surface area (Å²) in [7, 11) is 0. The number of carbonyl (C=O) groups is 1. The van der Waals surface area contributed by atoms with E-state index >= 15 is 0 Å². The van der Waals surface area contributed by atoms with E-state index in [1.807, 2.05) is 30.3 Å². The number of hydrogen-bond donors (Lipinski definition) is 1. The maximum absolute atomic E-state index is 12.2. The van der Waals surface area contributed by atoms with Gasteiger partial charge in [0.1, 0.15) is 18.1 Å². The van der Waals surface area contributed by atoms with Crippen molar-refractivity contribution in [1.29, 1.82) is 0 Å². The van der Waals surface area contributed by atoms with E-state index in [1.165, 1.54) is 6.21 Å². The summed E-state index contributed by atoms with van der Waals surface area (Å²) in [6.45, 7) is 0.123. The molecule has 136 valence electrons. The summed E-state index contributed by atoms with van der Waals surface area (Å²) in [6, 6.07) is 18.1. The molecule has 0 spiro atoms. The van der Waals surface area contributed by atoms with Crippen molar-refractivity contribution in [2.24, 2.45) is 5.10 Å². The maximum atomic E-state index is 12.2. The first kappa shape index (κ1) is 17.2. The molecule has 0 radical (unpaired) electrons. The summed E-state index contributed by atoms with van der Waals surface area (Å²) in [4.78, 5) is 12.2. The van der Waals surface area contributed by atoms with Crippen LogP contribution in [0.1, 0.15) is 5.76 Å². The van der Waals surface area contributed by atoms with Crippen molar-refractivity contribution in [2.45, 2.75) is 6.10 Å². The van der Waals surface area contributed by atoms with E-state index in [0.717, 1.165) is 5.56 Å². The molecule has 7 heteroatoms. The topological polar surface area (TPSA) is 73.1 Å². The Bertz CT molecular complexity index is 999. The Morgan fingerprint density at radius 1 is 1.11 bits per heavy atom. The van der Waals surface area contributed by atoms with Gasteiger partial charge in [0.05, 0.1) is 6.21 Å². The first-order chi connectivity index (χ1) is 13.2. The van der Waals surface area contributed by atoms with E-state index in [0.29, 0.717) is 28.0 Å². The zero-order chi connectivity index (χ0) is 18.6. The molecule has 1 aromatic heterocycles. The zero-order valence-electron chi connectivity index (χ0n) is 14.1. The van der Waals surface area contributed by atoms with Crippen molar-refractivity contribution in [2.75, 3.05) is 6.61 Å². The van der Waals surface area contributed by atoms with Crippen molar-refractivity contribution in [3.63, 3.8) is 0 Å². The van der Waals surface area contributed by atoms with Gasteiger partial charge >= 0.3 is 0 Å². The van der Waals surface area contributed by atoms with E-state index in [1.54, 1.807) is 30.3 Å². The van der Waals surface area contributed by atoms with Gasteiger partial charge in [0, 0.05) is 10.6 Å². The number of nitrogens with zero attached hydrogens (tertiary/aromatic N) is 1. The Labute approximate surface area is 160 Å². The molecule has 1 aliphatic heterocycles. The molecule has 3 aromatic rings. The van der Waals surface area contributed by atoms with Crippen molar-refractivity contribution in [3.8, 4) is 22.8 Å². The molecule has 2 aromatic carbocycles. The standard InChI is InChI=1S/C20H15ClN2O4/c21-14-5-3-4-13(10-14)16-9-8-15(26-16)11-22-23-20(24)19-12-25-17-6-1-2-7-18(17)27-19/h1-11,19H,12H2,(H,23,24)/b22-11-/t19-/m0/s1. The minimum atomic E-state index is -0.768. The first-order valence-corrected chi connectivity index (χ1v) is 8.64. The fourth-order valence-electron chi connectivity index (χ4n) is 2.60. The average molecular weight is 383 g/mol. The van der Waals surface area contributed by atoms with Gasteiger partial charge in [-0.1, -0.05) is 35.9 Å².